The van der Waals surface area contributed by atoms with Crippen molar-refractivity contribution in [3.63, 3.8) is 0 Å². The fraction of sp³-hybridized carbons (Fsp3) is 0.960. The highest BCUT2D eigenvalue weighted by atomic mass is 16.7. The average molecular weight is 389 g/mol. The molecule has 4 saturated carbocycles. The van der Waals surface area contributed by atoms with Gasteiger partial charge in [0.2, 0.25) is 0 Å². The Morgan fingerprint density at radius 3 is 2.57 bits per heavy atom. The number of carbonyl (C=O) groups is 1. The number of rotatable bonds is 2. The topological polar surface area (TPSA) is 35.5 Å². The fourth-order valence-corrected chi connectivity index (χ4v) is 8.58. The van der Waals surface area contributed by atoms with Gasteiger partial charge in [0.25, 0.3) is 0 Å². The molecule has 0 spiro atoms. The maximum absolute atomic E-state index is 12.4. The third kappa shape index (κ3) is 2.94. The standard InChI is InChI=1S/C25H40O3/c1-16-15-25(3)17(14-21(16)26)7-8-18-19-9-10-22(24(19,2)12-11-20(18)25)28-23-6-4-5-13-27-23/h16-20,22-23H,4-15H2,1-3H3/t16-,17-,18+,19+,20+,22+,23-,24+,25+/m1/s1. The van der Waals surface area contributed by atoms with Crippen LogP contribution >= 0.6 is 0 Å². The first-order chi connectivity index (χ1) is 13.4. The molecule has 1 heterocycles. The highest BCUT2D eigenvalue weighted by Crippen LogP contribution is 2.66. The van der Waals surface area contributed by atoms with Crippen LogP contribution in [0.3, 0.4) is 0 Å². The van der Waals surface area contributed by atoms with E-state index in [0.29, 0.717) is 28.6 Å². The highest BCUT2D eigenvalue weighted by molar-refractivity contribution is 5.82. The van der Waals surface area contributed by atoms with Crippen molar-refractivity contribution < 1.29 is 14.3 Å². The van der Waals surface area contributed by atoms with Crippen LogP contribution in [-0.2, 0) is 14.3 Å². The van der Waals surface area contributed by atoms with Gasteiger partial charge in [0.1, 0.15) is 5.78 Å². The third-order valence-corrected chi connectivity index (χ3v) is 10.2. The molecule has 0 aromatic heterocycles. The largest absolute Gasteiger partial charge is 0.353 e. The van der Waals surface area contributed by atoms with Crippen molar-refractivity contribution in [1.82, 2.24) is 0 Å². The van der Waals surface area contributed by atoms with Gasteiger partial charge in [-0.2, -0.15) is 0 Å². The second-order valence-corrected chi connectivity index (χ2v) is 11.5. The van der Waals surface area contributed by atoms with Gasteiger partial charge >= 0.3 is 0 Å². The van der Waals surface area contributed by atoms with E-state index in [4.69, 9.17) is 9.47 Å². The van der Waals surface area contributed by atoms with Crippen LogP contribution in [0.25, 0.3) is 0 Å². The monoisotopic (exact) mass is 388 g/mol. The second-order valence-electron chi connectivity index (χ2n) is 11.5. The third-order valence-electron chi connectivity index (χ3n) is 10.2. The van der Waals surface area contributed by atoms with Crippen molar-refractivity contribution in [2.45, 2.75) is 104 Å². The SMILES string of the molecule is C[C@@H]1C[C@@]2(C)[C@H](CC[C@@H]3[C@@H]2CC[C@]2(C)[C@@H](O[C@@H]4CCCCO4)CC[C@@H]32)CC1=O. The predicted octanol–water partition coefficient (Wildman–Crippen LogP) is 5.76. The molecule has 5 fully saturated rings. The molecule has 3 heteroatoms. The summed E-state index contributed by atoms with van der Waals surface area (Å²) in [4.78, 5) is 12.4. The van der Waals surface area contributed by atoms with Crippen LogP contribution in [-0.4, -0.2) is 24.8 Å². The van der Waals surface area contributed by atoms with Crippen molar-refractivity contribution in [2.75, 3.05) is 6.61 Å². The van der Waals surface area contributed by atoms with Gasteiger partial charge in [0.05, 0.1) is 6.10 Å². The van der Waals surface area contributed by atoms with E-state index in [2.05, 4.69) is 20.8 Å². The number of hydrogen-bond acceptors (Lipinski definition) is 3. The minimum atomic E-state index is 0.0468. The van der Waals surface area contributed by atoms with Gasteiger partial charge in [-0.05, 0) is 98.7 Å². The van der Waals surface area contributed by atoms with Crippen LogP contribution in [0.4, 0.5) is 0 Å². The molecular weight excluding hydrogens is 348 g/mol. The Balaban J connectivity index is 1.34. The number of fused-ring (bicyclic) bond motifs is 5. The van der Waals surface area contributed by atoms with E-state index in [1.165, 1.54) is 51.4 Å². The van der Waals surface area contributed by atoms with Gasteiger partial charge < -0.3 is 9.47 Å². The molecule has 4 aliphatic carbocycles. The molecule has 0 N–H and O–H groups in total. The van der Waals surface area contributed by atoms with Crippen molar-refractivity contribution in [3.05, 3.63) is 0 Å². The summed E-state index contributed by atoms with van der Waals surface area (Å²) in [5.74, 6) is 3.93. The number of ether oxygens (including phenoxy) is 2. The van der Waals surface area contributed by atoms with E-state index in [1.54, 1.807) is 0 Å². The van der Waals surface area contributed by atoms with Gasteiger partial charge in [-0.25, -0.2) is 0 Å². The molecule has 1 saturated heterocycles. The van der Waals surface area contributed by atoms with Gasteiger partial charge in [-0.3, -0.25) is 4.79 Å². The summed E-state index contributed by atoms with van der Waals surface area (Å²) in [5.41, 5.74) is 0.726. The molecule has 5 rings (SSSR count). The maximum Gasteiger partial charge on any atom is 0.157 e. The zero-order valence-corrected chi connectivity index (χ0v) is 18.3. The van der Waals surface area contributed by atoms with Gasteiger partial charge in [0, 0.05) is 18.9 Å². The minimum absolute atomic E-state index is 0.0468. The first kappa shape index (κ1) is 19.5. The lowest BCUT2D eigenvalue weighted by Gasteiger charge is -2.60. The Bertz CT molecular complexity index is 611. The van der Waals surface area contributed by atoms with Crippen LogP contribution < -0.4 is 0 Å². The van der Waals surface area contributed by atoms with E-state index in [9.17, 15) is 4.79 Å². The maximum atomic E-state index is 12.4. The van der Waals surface area contributed by atoms with Crippen LogP contribution in [0.15, 0.2) is 0 Å². The van der Waals surface area contributed by atoms with Crippen LogP contribution in [0.5, 0.6) is 0 Å². The second kappa shape index (κ2) is 7.08. The van der Waals surface area contributed by atoms with Gasteiger partial charge in [-0.15, -0.1) is 0 Å². The lowest BCUT2D eigenvalue weighted by molar-refractivity contribution is -0.218. The fourth-order valence-electron chi connectivity index (χ4n) is 8.58. The zero-order chi connectivity index (χ0) is 19.5. The highest BCUT2D eigenvalue weighted by Gasteiger charge is 2.61. The Morgan fingerprint density at radius 1 is 0.964 bits per heavy atom. The zero-order valence-electron chi connectivity index (χ0n) is 18.3. The lowest BCUT2D eigenvalue weighted by Crippen LogP contribution is -2.55. The van der Waals surface area contributed by atoms with E-state index < -0.39 is 0 Å². The Labute approximate surface area is 171 Å². The Hall–Kier alpha value is -0.410. The average Bonchev–Trinajstić information content (AvgIpc) is 3.00. The van der Waals surface area contributed by atoms with Crippen LogP contribution in [0, 0.1) is 40.4 Å². The summed E-state index contributed by atoms with van der Waals surface area (Å²) in [7, 11) is 0. The van der Waals surface area contributed by atoms with Crippen molar-refractivity contribution in [3.8, 4) is 0 Å². The molecule has 9 atom stereocenters. The Morgan fingerprint density at radius 2 is 1.79 bits per heavy atom. The van der Waals surface area contributed by atoms with Gasteiger partial charge in [-0.1, -0.05) is 20.8 Å². The lowest BCUT2D eigenvalue weighted by atomic mass is 9.44. The van der Waals surface area contributed by atoms with Crippen molar-refractivity contribution >= 4 is 5.78 Å². The number of carbonyl (C=O) groups excluding carboxylic acids is 1. The molecule has 0 bridgehead atoms. The number of ketones is 1. The first-order valence-corrected chi connectivity index (χ1v) is 12.2. The summed E-state index contributed by atoms with van der Waals surface area (Å²) in [6.45, 7) is 8.15. The molecule has 0 aromatic carbocycles. The smallest absolute Gasteiger partial charge is 0.157 e. The predicted molar refractivity (Wildman–Crippen MR) is 110 cm³/mol. The van der Waals surface area contributed by atoms with E-state index in [0.717, 1.165) is 43.6 Å². The first-order valence-electron chi connectivity index (χ1n) is 12.2. The summed E-state index contributed by atoms with van der Waals surface area (Å²) in [6, 6.07) is 0. The van der Waals surface area contributed by atoms with E-state index >= 15 is 0 Å². The molecule has 5 aliphatic rings. The summed E-state index contributed by atoms with van der Waals surface area (Å²) in [6.07, 6.45) is 13.8. The summed E-state index contributed by atoms with van der Waals surface area (Å²) < 4.78 is 12.5. The summed E-state index contributed by atoms with van der Waals surface area (Å²) >= 11 is 0. The molecule has 0 aromatic rings. The molecule has 0 unspecified atom stereocenters. The Kier molecular flexibility index (Phi) is 4.94. The molecule has 158 valence electrons. The molecule has 28 heavy (non-hydrogen) atoms. The molecule has 0 radical (unpaired) electrons. The minimum Gasteiger partial charge on any atom is -0.353 e. The number of hydrogen-bond donors (Lipinski definition) is 0. The van der Waals surface area contributed by atoms with Crippen LogP contribution in [0.2, 0.25) is 0 Å². The summed E-state index contributed by atoms with van der Waals surface area (Å²) in [5, 5.41) is 0. The number of Topliss-reactive ketones (excluding diaryl/α,β-unsaturated/α-hetero) is 1. The molecule has 0 amide bonds. The van der Waals surface area contributed by atoms with Crippen molar-refractivity contribution in [2.24, 2.45) is 40.4 Å². The van der Waals surface area contributed by atoms with Crippen molar-refractivity contribution in [1.29, 1.82) is 0 Å². The van der Waals surface area contributed by atoms with E-state index in [1.807, 2.05) is 0 Å². The van der Waals surface area contributed by atoms with Crippen LogP contribution in [0.1, 0.15) is 91.4 Å². The molecular formula is C25H40O3. The molecule has 1 aliphatic heterocycles. The quantitative estimate of drug-likeness (QED) is 0.603. The van der Waals surface area contributed by atoms with Gasteiger partial charge in [0.15, 0.2) is 6.29 Å². The van der Waals surface area contributed by atoms with E-state index in [-0.39, 0.29) is 12.2 Å². The normalized spacial score (nSPS) is 54.0. The molecule has 3 nitrogen and oxygen atoms in total.